The average Bonchev–Trinajstić information content (AvgIpc) is 2.45. The fourth-order valence-electron chi connectivity index (χ4n) is 2.64. The lowest BCUT2D eigenvalue weighted by atomic mass is 9.97. The molecule has 2 N–H and O–H groups in total. The van der Waals surface area contributed by atoms with Gasteiger partial charge in [-0.3, -0.25) is 0 Å². The number of carbonyl (C=O) groups is 2. The number of carbonyl (C=O) groups excluding carboxylic acids is 1. The number of carboxylic acid groups (broad SMARTS) is 1. The topological polar surface area (TPSA) is 72.9 Å². The Morgan fingerprint density at radius 1 is 1.38 bits per heavy atom. The number of amides is 2. The lowest BCUT2D eigenvalue weighted by Crippen LogP contribution is -2.48. The molecule has 0 aliphatic carbocycles. The lowest BCUT2D eigenvalue weighted by molar-refractivity contribution is -0.139. The summed E-state index contributed by atoms with van der Waals surface area (Å²) in [5.74, 6) is -0.444. The van der Waals surface area contributed by atoms with Gasteiger partial charge in [-0.1, -0.05) is 19.8 Å². The van der Waals surface area contributed by atoms with E-state index in [4.69, 9.17) is 5.11 Å². The Hall–Kier alpha value is -1.30. The van der Waals surface area contributed by atoms with Crippen LogP contribution < -0.4 is 5.32 Å². The Morgan fingerprint density at radius 2 is 2.00 bits per heavy atom. The smallest absolute Gasteiger partial charge is 0.326 e. The van der Waals surface area contributed by atoms with Crippen molar-refractivity contribution < 1.29 is 14.7 Å². The number of carboxylic acids is 1. The van der Waals surface area contributed by atoms with Crippen LogP contribution in [-0.2, 0) is 4.79 Å². The SMILES string of the molecule is CCCC[C@H](NC(=O)N(C)CC1CCN(C)CC1)C(=O)O. The average molecular weight is 299 g/mol. The number of hydrogen-bond acceptors (Lipinski definition) is 3. The van der Waals surface area contributed by atoms with Crippen molar-refractivity contribution >= 4 is 12.0 Å². The molecule has 21 heavy (non-hydrogen) atoms. The van der Waals surface area contributed by atoms with Gasteiger partial charge < -0.3 is 20.2 Å². The summed E-state index contributed by atoms with van der Waals surface area (Å²) in [5.41, 5.74) is 0. The van der Waals surface area contributed by atoms with Crippen LogP contribution in [0.2, 0.25) is 0 Å². The van der Waals surface area contributed by atoms with Crippen molar-refractivity contribution in [3.63, 3.8) is 0 Å². The van der Waals surface area contributed by atoms with Crippen molar-refractivity contribution in [1.29, 1.82) is 0 Å². The first-order valence-electron chi connectivity index (χ1n) is 7.87. The van der Waals surface area contributed by atoms with Crippen LogP contribution in [0, 0.1) is 5.92 Å². The van der Waals surface area contributed by atoms with Crippen molar-refractivity contribution in [3.05, 3.63) is 0 Å². The molecule has 0 saturated carbocycles. The molecule has 0 aromatic carbocycles. The van der Waals surface area contributed by atoms with Gasteiger partial charge in [-0.25, -0.2) is 9.59 Å². The van der Waals surface area contributed by atoms with Gasteiger partial charge in [-0.05, 0) is 45.3 Å². The van der Waals surface area contributed by atoms with Gasteiger partial charge in [-0.2, -0.15) is 0 Å². The number of hydrogen-bond donors (Lipinski definition) is 2. The summed E-state index contributed by atoms with van der Waals surface area (Å²) in [7, 11) is 3.85. The van der Waals surface area contributed by atoms with Crippen LogP contribution in [0.25, 0.3) is 0 Å². The lowest BCUT2D eigenvalue weighted by Gasteiger charge is -2.32. The number of aliphatic carboxylic acids is 1. The highest BCUT2D eigenvalue weighted by Gasteiger charge is 2.24. The molecular formula is C15H29N3O3. The monoisotopic (exact) mass is 299 g/mol. The fourth-order valence-corrected chi connectivity index (χ4v) is 2.64. The van der Waals surface area contributed by atoms with E-state index in [1.807, 2.05) is 6.92 Å². The van der Waals surface area contributed by atoms with Gasteiger partial charge in [0.2, 0.25) is 0 Å². The van der Waals surface area contributed by atoms with E-state index in [-0.39, 0.29) is 6.03 Å². The molecule has 1 heterocycles. The Balaban J connectivity index is 2.39. The Bertz CT molecular complexity index is 341. The quantitative estimate of drug-likeness (QED) is 0.749. The van der Waals surface area contributed by atoms with Crippen LogP contribution in [0.1, 0.15) is 39.0 Å². The van der Waals surface area contributed by atoms with Gasteiger partial charge in [-0.15, -0.1) is 0 Å². The molecule has 1 aliphatic heterocycles. The normalized spacial score (nSPS) is 18.2. The summed E-state index contributed by atoms with van der Waals surface area (Å²) in [6.07, 6.45) is 4.39. The fraction of sp³-hybridized carbons (Fsp3) is 0.867. The summed E-state index contributed by atoms with van der Waals surface area (Å²) in [6.45, 7) is 4.83. The zero-order chi connectivity index (χ0) is 15.8. The maximum absolute atomic E-state index is 12.1. The molecule has 0 bridgehead atoms. The number of likely N-dealkylation sites (tertiary alicyclic amines) is 1. The molecule has 0 radical (unpaired) electrons. The van der Waals surface area contributed by atoms with E-state index in [1.54, 1.807) is 11.9 Å². The van der Waals surface area contributed by atoms with E-state index in [9.17, 15) is 9.59 Å². The maximum atomic E-state index is 12.1. The number of urea groups is 1. The third-order valence-corrected chi connectivity index (χ3v) is 4.16. The molecule has 1 atom stereocenters. The van der Waals surface area contributed by atoms with E-state index in [0.29, 0.717) is 18.9 Å². The zero-order valence-electron chi connectivity index (χ0n) is 13.5. The molecule has 6 heteroatoms. The largest absolute Gasteiger partial charge is 0.480 e. The number of rotatable bonds is 7. The molecule has 0 spiro atoms. The van der Waals surface area contributed by atoms with E-state index in [0.717, 1.165) is 38.8 Å². The second-order valence-corrected chi connectivity index (χ2v) is 6.11. The summed E-state index contributed by atoms with van der Waals surface area (Å²) < 4.78 is 0. The molecule has 1 saturated heterocycles. The van der Waals surface area contributed by atoms with E-state index in [1.165, 1.54) is 0 Å². The van der Waals surface area contributed by atoms with E-state index >= 15 is 0 Å². The number of nitrogens with one attached hydrogen (secondary N) is 1. The number of piperidine rings is 1. The molecule has 1 rings (SSSR count). The van der Waals surface area contributed by atoms with Crippen molar-refractivity contribution in [2.75, 3.05) is 33.7 Å². The highest BCUT2D eigenvalue weighted by atomic mass is 16.4. The van der Waals surface area contributed by atoms with Gasteiger partial charge in [0.1, 0.15) is 6.04 Å². The predicted molar refractivity (Wildman–Crippen MR) is 82.3 cm³/mol. The molecule has 1 aliphatic rings. The van der Waals surface area contributed by atoms with Crippen molar-refractivity contribution in [1.82, 2.24) is 15.1 Å². The van der Waals surface area contributed by atoms with Gasteiger partial charge >= 0.3 is 12.0 Å². The molecule has 0 aromatic rings. The van der Waals surface area contributed by atoms with Crippen LogP contribution in [0.15, 0.2) is 0 Å². The minimum atomic E-state index is -0.954. The minimum Gasteiger partial charge on any atom is -0.480 e. The summed E-state index contributed by atoms with van der Waals surface area (Å²) >= 11 is 0. The third kappa shape index (κ3) is 6.33. The Labute approximate surface area is 127 Å². The molecule has 2 amide bonds. The van der Waals surface area contributed by atoms with Crippen molar-refractivity contribution in [2.24, 2.45) is 5.92 Å². The van der Waals surface area contributed by atoms with Gasteiger partial charge in [0, 0.05) is 13.6 Å². The van der Waals surface area contributed by atoms with Crippen LogP contribution in [0.4, 0.5) is 4.79 Å². The highest BCUT2D eigenvalue weighted by molar-refractivity contribution is 5.82. The van der Waals surface area contributed by atoms with Crippen molar-refractivity contribution in [2.45, 2.75) is 45.1 Å². The minimum absolute atomic E-state index is 0.280. The molecular weight excluding hydrogens is 270 g/mol. The van der Waals surface area contributed by atoms with Crippen LogP contribution in [0.5, 0.6) is 0 Å². The number of unbranched alkanes of at least 4 members (excludes halogenated alkanes) is 1. The summed E-state index contributed by atoms with van der Waals surface area (Å²) in [5, 5.41) is 11.8. The second kappa shape index (κ2) is 8.87. The van der Waals surface area contributed by atoms with Crippen molar-refractivity contribution in [3.8, 4) is 0 Å². The zero-order valence-corrected chi connectivity index (χ0v) is 13.5. The summed E-state index contributed by atoms with van der Waals surface area (Å²) in [4.78, 5) is 27.2. The molecule has 122 valence electrons. The summed E-state index contributed by atoms with van der Waals surface area (Å²) in [6, 6.07) is -1.06. The molecule has 1 fully saturated rings. The third-order valence-electron chi connectivity index (χ3n) is 4.16. The Morgan fingerprint density at radius 3 is 2.52 bits per heavy atom. The second-order valence-electron chi connectivity index (χ2n) is 6.11. The predicted octanol–water partition coefficient (Wildman–Crippen LogP) is 1.61. The standard InChI is InChI=1S/C15H29N3O3/c1-4-5-6-13(14(19)20)16-15(21)18(3)11-12-7-9-17(2)10-8-12/h12-13H,4-11H2,1-3H3,(H,16,21)(H,19,20)/t13-/m0/s1. The number of nitrogens with zero attached hydrogens (tertiary/aromatic N) is 2. The van der Waals surface area contributed by atoms with Crippen LogP contribution in [0.3, 0.4) is 0 Å². The van der Waals surface area contributed by atoms with E-state index < -0.39 is 12.0 Å². The van der Waals surface area contributed by atoms with Crippen LogP contribution >= 0.6 is 0 Å². The Kier molecular flexibility index (Phi) is 7.50. The first-order chi connectivity index (χ1) is 9.93. The highest BCUT2D eigenvalue weighted by Crippen LogP contribution is 2.16. The van der Waals surface area contributed by atoms with Gasteiger partial charge in [0.25, 0.3) is 0 Å². The molecule has 0 aromatic heterocycles. The maximum Gasteiger partial charge on any atom is 0.326 e. The molecule has 6 nitrogen and oxygen atoms in total. The van der Waals surface area contributed by atoms with E-state index in [2.05, 4.69) is 17.3 Å². The van der Waals surface area contributed by atoms with Crippen LogP contribution in [-0.4, -0.2) is 66.7 Å². The first-order valence-corrected chi connectivity index (χ1v) is 7.87. The molecule has 0 unspecified atom stereocenters. The van der Waals surface area contributed by atoms with Gasteiger partial charge in [0.15, 0.2) is 0 Å². The first kappa shape index (κ1) is 17.8. The van der Waals surface area contributed by atoms with Gasteiger partial charge in [0.05, 0.1) is 0 Å².